The number of hydrogen-bond donors (Lipinski definition) is 3. The molecule has 0 aliphatic carbocycles. The highest BCUT2D eigenvalue weighted by atomic mass is 127. The molecule has 0 saturated heterocycles. The number of aliphatic hydroxyl groups excluding tert-OH is 1. The standard InChI is InChI=1S/C21H32N6O.HI/c1-4-22-21(23-13-18(28)12-16-8-6-5-7-9-16)24-17-10-11-19-25-20(15(2)3)26-27(19)14-17;/h5-9,15,17-18,28H,4,10-14H2,1-3H3,(H2,22,23,24);1H. The first-order valence-corrected chi connectivity index (χ1v) is 10.3. The van der Waals surface area contributed by atoms with Crippen LogP contribution in [0.25, 0.3) is 0 Å². The SMILES string of the molecule is CCNC(=NCC(O)Cc1ccccc1)NC1CCc2nc(C(C)C)nn2C1.I. The normalized spacial score (nSPS) is 17.4. The Hall–Kier alpha value is -1.68. The third-order valence-electron chi connectivity index (χ3n) is 4.85. The van der Waals surface area contributed by atoms with Crippen molar-refractivity contribution in [3.63, 3.8) is 0 Å². The van der Waals surface area contributed by atoms with E-state index in [9.17, 15) is 5.11 Å². The van der Waals surface area contributed by atoms with Crippen molar-refractivity contribution in [3.05, 3.63) is 47.5 Å². The van der Waals surface area contributed by atoms with E-state index in [4.69, 9.17) is 0 Å². The fraction of sp³-hybridized carbons (Fsp3) is 0.571. The Morgan fingerprint density at radius 1 is 1.31 bits per heavy atom. The molecule has 160 valence electrons. The van der Waals surface area contributed by atoms with Gasteiger partial charge in [-0.25, -0.2) is 9.67 Å². The molecule has 0 spiro atoms. The van der Waals surface area contributed by atoms with Gasteiger partial charge < -0.3 is 15.7 Å². The van der Waals surface area contributed by atoms with Crippen LogP contribution in [0.15, 0.2) is 35.3 Å². The average Bonchev–Trinajstić information content (AvgIpc) is 3.11. The molecule has 0 fully saturated rings. The maximum atomic E-state index is 10.3. The number of nitrogens with zero attached hydrogens (tertiary/aromatic N) is 4. The van der Waals surface area contributed by atoms with Gasteiger partial charge in [-0.3, -0.25) is 4.99 Å². The summed E-state index contributed by atoms with van der Waals surface area (Å²) in [6, 6.07) is 10.3. The number of aliphatic hydroxyl groups is 1. The lowest BCUT2D eigenvalue weighted by Crippen LogP contribution is -2.47. The molecular formula is C21H33IN6O. The molecule has 3 N–H and O–H groups in total. The number of benzene rings is 1. The molecule has 2 heterocycles. The number of fused-ring (bicyclic) bond motifs is 1. The molecule has 2 aromatic rings. The van der Waals surface area contributed by atoms with Gasteiger partial charge in [0.2, 0.25) is 0 Å². The molecule has 0 saturated carbocycles. The number of rotatable bonds is 7. The second kappa shape index (κ2) is 11.5. The molecule has 29 heavy (non-hydrogen) atoms. The van der Waals surface area contributed by atoms with Gasteiger partial charge in [0.15, 0.2) is 11.8 Å². The monoisotopic (exact) mass is 512 g/mol. The Kier molecular flexibility index (Phi) is 9.35. The van der Waals surface area contributed by atoms with Gasteiger partial charge in [-0.15, -0.1) is 24.0 Å². The van der Waals surface area contributed by atoms with Crippen LogP contribution in [-0.4, -0.2) is 51.1 Å². The van der Waals surface area contributed by atoms with E-state index in [0.29, 0.717) is 18.9 Å². The van der Waals surface area contributed by atoms with E-state index in [1.807, 2.05) is 41.9 Å². The summed E-state index contributed by atoms with van der Waals surface area (Å²) >= 11 is 0. The Morgan fingerprint density at radius 2 is 2.07 bits per heavy atom. The minimum Gasteiger partial charge on any atom is -0.391 e. The van der Waals surface area contributed by atoms with Gasteiger partial charge in [-0.05, 0) is 18.9 Å². The summed E-state index contributed by atoms with van der Waals surface area (Å²) in [7, 11) is 0. The Bertz CT molecular complexity index is 777. The summed E-state index contributed by atoms with van der Waals surface area (Å²) in [5, 5.41) is 21.7. The third-order valence-corrected chi connectivity index (χ3v) is 4.85. The van der Waals surface area contributed by atoms with Crippen LogP contribution in [0.1, 0.15) is 50.3 Å². The van der Waals surface area contributed by atoms with Crippen LogP contribution in [0, 0.1) is 0 Å². The van der Waals surface area contributed by atoms with Gasteiger partial charge in [-0.1, -0.05) is 44.2 Å². The molecule has 1 aromatic heterocycles. The average molecular weight is 512 g/mol. The summed E-state index contributed by atoms with van der Waals surface area (Å²) in [4.78, 5) is 9.24. The van der Waals surface area contributed by atoms with E-state index < -0.39 is 6.10 Å². The predicted octanol–water partition coefficient (Wildman–Crippen LogP) is 2.49. The lowest BCUT2D eigenvalue weighted by Gasteiger charge is -2.25. The second-order valence-corrected chi connectivity index (χ2v) is 7.67. The summed E-state index contributed by atoms with van der Waals surface area (Å²) in [6.07, 6.45) is 2.01. The van der Waals surface area contributed by atoms with Gasteiger partial charge in [0.25, 0.3) is 0 Å². The minimum absolute atomic E-state index is 0. The first-order chi connectivity index (χ1) is 13.5. The molecule has 1 aromatic carbocycles. The number of aliphatic imine (C=N–C) groups is 1. The maximum Gasteiger partial charge on any atom is 0.191 e. The largest absolute Gasteiger partial charge is 0.391 e. The molecule has 0 bridgehead atoms. The van der Waals surface area contributed by atoms with Crippen molar-refractivity contribution in [2.24, 2.45) is 4.99 Å². The molecule has 0 radical (unpaired) electrons. The topological polar surface area (TPSA) is 87.4 Å². The van der Waals surface area contributed by atoms with E-state index >= 15 is 0 Å². The number of hydrogen-bond acceptors (Lipinski definition) is 4. The lowest BCUT2D eigenvalue weighted by molar-refractivity contribution is 0.183. The van der Waals surface area contributed by atoms with Crippen LogP contribution in [0.3, 0.4) is 0 Å². The summed E-state index contributed by atoms with van der Waals surface area (Å²) in [5.41, 5.74) is 1.12. The van der Waals surface area contributed by atoms with E-state index in [2.05, 4.69) is 39.6 Å². The van der Waals surface area contributed by atoms with Crippen LogP contribution in [0.4, 0.5) is 0 Å². The molecule has 1 aliphatic rings. The highest BCUT2D eigenvalue weighted by molar-refractivity contribution is 14.0. The fourth-order valence-corrected chi connectivity index (χ4v) is 3.35. The van der Waals surface area contributed by atoms with Crippen molar-refractivity contribution in [2.45, 2.75) is 64.6 Å². The van der Waals surface area contributed by atoms with E-state index in [1.54, 1.807) is 0 Å². The third kappa shape index (κ3) is 6.95. The molecule has 8 heteroatoms. The van der Waals surface area contributed by atoms with E-state index in [-0.39, 0.29) is 30.0 Å². The van der Waals surface area contributed by atoms with Gasteiger partial charge in [0.1, 0.15) is 5.82 Å². The number of aryl methyl sites for hydroxylation is 1. The maximum absolute atomic E-state index is 10.3. The van der Waals surface area contributed by atoms with Gasteiger partial charge >= 0.3 is 0 Å². The van der Waals surface area contributed by atoms with Crippen LogP contribution in [0.2, 0.25) is 0 Å². The smallest absolute Gasteiger partial charge is 0.191 e. The second-order valence-electron chi connectivity index (χ2n) is 7.67. The molecule has 0 amide bonds. The van der Waals surface area contributed by atoms with Crippen LogP contribution < -0.4 is 10.6 Å². The zero-order valence-corrected chi connectivity index (χ0v) is 19.8. The predicted molar refractivity (Wildman–Crippen MR) is 127 cm³/mol. The Labute approximate surface area is 190 Å². The van der Waals surface area contributed by atoms with Crippen molar-refractivity contribution >= 4 is 29.9 Å². The molecule has 2 unspecified atom stereocenters. The van der Waals surface area contributed by atoms with Crippen LogP contribution in [0.5, 0.6) is 0 Å². The highest BCUT2D eigenvalue weighted by Gasteiger charge is 2.23. The summed E-state index contributed by atoms with van der Waals surface area (Å²) in [6.45, 7) is 8.21. The number of nitrogens with one attached hydrogen (secondary N) is 2. The Morgan fingerprint density at radius 3 is 2.76 bits per heavy atom. The fourth-order valence-electron chi connectivity index (χ4n) is 3.35. The number of aromatic nitrogens is 3. The van der Waals surface area contributed by atoms with Crippen molar-refractivity contribution in [2.75, 3.05) is 13.1 Å². The molecule has 1 aliphatic heterocycles. The molecule has 3 rings (SSSR count). The number of halogens is 1. The lowest BCUT2D eigenvalue weighted by atomic mass is 10.1. The zero-order valence-electron chi connectivity index (χ0n) is 17.5. The van der Waals surface area contributed by atoms with Crippen LogP contribution >= 0.6 is 24.0 Å². The molecule has 2 atom stereocenters. The minimum atomic E-state index is -0.500. The quantitative estimate of drug-likeness (QED) is 0.302. The van der Waals surface area contributed by atoms with Crippen molar-refractivity contribution in [3.8, 4) is 0 Å². The van der Waals surface area contributed by atoms with Crippen molar-refractivity contribution in [1.82, 2.24) is 25.4 Å². The molecule has 7 nitrogen and oxygen atoms in total. The molecular weight excluding hydrogens is 479 g/mol. The van der Waals surface area contributed by atoms with E-state index in [0.717, 1.165) is 49.1 Å². The first kappa shape index (κ1) is 23.6. The number of guanidine groups is 1. The van der Waals surface area contributed by atoms with E-state index in [1.165, 1.54) is 0 Å². The highest BCUT2D eigenvalue weighted by Crippen LogP contribution is 2.17. The van der Waals surface area contributed by atoms with Crippen molar-refractivity contribution < 1.29 is 5.11 Å². The zero-order chi connectivity index (χ0) is 19.9. The Balaban J connectivity index is 0.00000300. The van der Waals surface area contributed by atoms with Crippen LogP contribution in [-0.2, 0) is 19.4 Å². The van der Waals surface area contributed by atoms with Gasteiger partial charge in [0.05, 0.1) is 19.2 Å². The first-order valence-electron chi connectivity index (χ1n) is 10.3. The van der Waals surface area contributed by atoms with Gasteiger partial charge in [0, 0.05) is 31.3 Å². The van der Waals surface area contributed by atoms with Gasteiger partial charge in [-0.2, -0.15) is 5.10 Å². The van der Waals surface area contributed by atoms with Crippen molar-refractivity contribution in [1.29, 1.82) is 0 Å². The summed E-state index contributed by atoms with van der Waals surface area (Å²) in [5.74, 6) is 3.07. The summed E-state index contributed by atoms with van der Waals surface area (Å²) < 4.78 is 2.02.